The monoisotopic (exact) mass is 497 g/mol. The molecule has 0 aromatic rings. The maximum Gasteiger partial charge on any atom is 0.315 e. The molecular weight excluding hydrogens is 460 g/mol. The summed E-state index contributed by atoms with van der Waals surface area (Å²) < 4.78 is 41.2. The number of hydrogen-bond acceptors (Lipinski definition) is 5. The molecule has 1 aliphatic carbocycles. The summed E-state index contributed by atoms with van der Waals surface area (Å²) in [6.45, 7) is 7.20. The number of rotatable bonds is 7. The van der Waals surface area contributed by atoms with E-state index in [2.05, 4.69) is 16.0 Å². The minimum atomic E-state index is -3.30. The van der Waals surface area contributed by atoms with Crippen LogP contribution in [0.4, 0.5) is 8.78 Å². The van der Waals surface area contributed by atoms with Gasteiger partial charge in [0.1, 0.15) is 18.1 Å². The molecule has 0 aromatic carbocycles. The van der Waals surface area contributed by atoms with Crippen molar-refractivity contribution >= 4 is 23.6 Å². The van der Waals surface area contributed by atoms with Crippen LogP contribution < -0.4 is 16.0 Å². The smallest absolute Gasteiger partial charge is 0.315 e. The Balaban J connectivity index is 1.77. The lowest BCUT2D eigenvalue weighted by Crippen LogP contribution is -2.60. The summed E-state index contributed by atoms with van der Waals surface area (Å²) in [7, 11) is 0. The molecule has 2 heterocycles. The van der Waals surface area contributed by atoms with E-state index in [0.717, 1.165) is 0 Å². The first-order valence-corrected chi connectivity index (χ1v) is 11.8. The second-order valence-corrected chi connectivity index (χ2v) is 11.3. The van der Waals surface area contributed by atoms with Gasteiger partial charge >= 0.3 is 6.43 Å². The summed E-state index contributed by atoms with van der Waals surface area (Å²) in [6, 6.07) is -1.34. The fourth-order valence-corrected chi connectivity index (χ4v) is 5.37. The van der Waals surface area contributed by atoms with Gasteiger partial charge in [-0.1, -0.05) is 34.6 Å². The number of carbonyl (C=O) groups excluding carboxylic acids is 4. The van der Waals surface area contributed by atoms with Crippen molar-refractivity contribution in [2.24, 2.45) is 28.6 Å². The highest BCUT2D eigenvalue weighted by Gasteiger charge is 2.69. The SMILES string of the molecule is [2H]C1([2H])CC[C@@H](C[C@@H](C#N)NC(=O)[C@@H]2[C@@H]3[C@H](CN2C(=O)[C@@H](NC(=O)C(F)F)C(C)(C)C)C3(C)C)C(=O)N1. The van der Waals surface area contributed by atoms with Crippen molar-refractivity contribution in [2.45, 2.75) is 78.4 Å². The minimum absolute atomic E-state index is 0.00879. The van der Waals surface area contributed by atoms with Crippen LogP contribution in [0.25, 0.3) is 0 Å². The van der Waals surface area contributed by atoms with Crippen molar-refractivity contribution in [1.29, 1.82) is 5.26 Å². The maximum absolute atomic E-state index is 13.6. The zero-order valence-electron chi connectivity index (χ0n) is 22.7. The zero-order valence-corrected chi connectivity index (χ0v) is 20.7. The van der Waals surface area contributed by atoms with E-state index in [1.807, 2.05) is 19.9 Å². The predicted octanol–water partition coefficient (Wildman–Crippen LogP) is 1.19. The molecule has 9 nitrogen and oxygen atoms in total. The van der Waals surface area contributed by atoms with Crippen molar-refractivity contribution in [3.8, 4) is 6.07 Å². The predicted molar refractivity (Wildman–Crippen MR) is 122 cm³/mol. The Morgan fingerprint density at radius 3 is 2.51 bits per heavy atom. The number of halogens is 2. The number of nitrogens with one attached hydrogen (secondary N) is 3. The minimum Gasteiger partial charge on any atom is -0.356 e. The van der Waals surface area contributed by atoms with Gasteiger partial charge in [-0.2, -0.15) is 14.0 Å². The van der Waals surface area contributed by atoms with Crippen LogP contribution in [0.2, 0.25) is 0 Å². The second-order valence-electron chi connectivity index (χ2n) is 11.3. The van der Waals surface area contributed by atoms with E-state index < -0.39 is 66.0 Å². The van der Waals surface area contributed by atoms with Crippen LogP contribution in [-0.2, 0) is 19.2 Å². The lowest BCUT2D eigenvalue weighted by Gasteiger charge is -2.37. The normalized spacial score (nSPS) is 31.2. The van der Waals surface area contributed by atoms with E-state index in [9.17, 15) is 33.2 Å². The van der Waals surface area contributed by atoms with Gasteiger partial charge in [-0.15, -0.1) is 0 Å². The molecule has 2 saturated heterocycles. The summed E-state index contributed by atoms with van der Waals surface area (Å²) in [6.07, 6.45) is -3.02. The molecule has 0 radical (unpaired) electrons. The standard InChI is InChI=1S/C24H35F2N5O4/c1-23(2,3)17(30-21(34)18(25)26)22(35)31-11-14-15(24(14,4)5)16(31)20(33)29-13(10-27)9-12-7-6-8-28-19(12)32/h12-18H,6-9,11H2,1-5H3,(H,28,32)(H,29,33)(H,30,34)/t12-,13-,14-,15-,16-,17+/m0/s1/i8D2. The Hall–Kier alpha value is -2.77. The molecule has 2 aliphatic heterocycles. The number of fused-ring (bicyclic) bond motifs is 1. The Morgan fingerprint density at radius 1 is 1.31 bits per heavy atom. The number of amides is 4. The van der Waals surface area contributed by atoms with Crippen molar-refractivity contribution in [3.05, 3.63) is 0 Å². The Morgan fingerprint density at radius 2 is 1.97 bits per heavy atom. The molecule has 0 spiro atoms. The van der Waals surface area contributed by atoms with E-state index in [1.165, 1.54) is 4.90 Å². The van der Waals surface area contributed by atoms with E-state index in [1.54, 1.807) is 20.8 Å². The van der Waals surface area contributed by atoms with Gasteiger partial charge in [0.2, 0.25) is 17.7 Å². The van der Waals surface area contributed by atoms with Gasteiger partial charge in [0.15, 0.2) is 0 Å². The van der Waals surface area contributed by atoms with Crippen molar-refractivity contribution in [3.63, 3.8) is 0 Å². The molecule has 11 heteroatoms. The molecule has 0 bridgehead atoms. The van der Waals surface area contributed by atoms with Gasteiger partial charge < -0.3 is 20.9 Å². The number of nitrogens with zero attached hydrogens (tertiary/aromatic N) is 2. The van der Waals surface area contributed by atoms with Gasteiger partial charge in [-0.3, -0.25) is 19.2 Å². The first-order valence-electron chi connectivity index (χ1n) is 12.8. The van der Waals surface area contributed by atoms with Crippen LogP contribution in [0.3, 0.4) is 0 Å². The molecule has 3 fully saturated rings. The summed E-state index contributed by atoms with van der Waals surface area (Å²) in [4.78, 5) is 52.4. The van der Waals surface area contributed by atoms with Crippen LogP contribution in [0.5, 0.6) is 0 Å². The fraction of sp³-hybridized carbons (Fsp3) is 0.792. The topological polar surface area (TPSA) is 131 Å². The lowest BCUT2D eigenvalue weighted by atomic mass is 9.85. The first kappa shape index (κ1) is 23.9. The molecule has 1 saturated carbocycles. The maximum atomic E-state index is 13.6. The highest BCUT2D eigenvalue weighted by atomic mass is 19.3. The van der Waals surface area contributed by atoms with E-state index in [-0.39, 0.29) is 43.1 Å². The van der Waals surface area contributed by atoms with E-state index >= 15 is 0 Å². The number of carbonyl (C=O) groups is 4. The van der Waals surface area contributed by atoms with Crippen LogP contribution >= 0.6 is 0 Å². The third-order valence-electron chi connectivity index (χ3n) is 7.55. The van der Waals surface area contributed by atoms with Crippen LogP contribution in [0.1, 0.15) is 56.6 Å². The quantitative estimate of drug-likeness (QED) is 0.486. The second kappa shape index (κ2) is 9.70. The molecule has 0 unspecified atom stereocenters. The van der Waals surface area contributed by atoms with Crippen molar-refractivity contribution in [2.75, 3.05) is 13.0 Å². The number of hydrogen-bond donors (Lipinski definition) is 3. The molecule has 6 atom stereocenters. The molecule has 4 amide bonds. The van der Waals surface area contributed by atoms with Crippen LogP contribution in [-0.4, -0.2) is 66.1 Å². The van der Waals surface area contributed by atoms with Gasteiger partial charge in [-0.25, -0.2) is 0 Å². The van der Waals surface area contributed by atoms with E-state index in [4.69, 9.17) is 2.74 Å². The zero-order chi connectivity index (χ0) is 28.1. The molecule has 3 aliphatic rings. The van der Waals surface area contributed by atoms with Gasteiger partial charge in [0.25, 0.3) is 5.91 Å². The Bertz CT molecular complexity index is 1010. The average molecular weight is 498 g/mol. The molecule has 3 rings (SSSR count). The molecule has 194 valence electrons. The number of alkyl halides is 2. The third kappa shape index (κ3) is 5.41. The highest BCUT2D eigenvalue weighted by Crippen LogP contribution is 2.65. The van der Waals surface area contributed by atoms with Gasteiger partial charge in [0.05, 0.1) is 6.07 Å². The third-order valence-corrected chi connectivity index (χ3v) is 7.55. The van der Waals surface area contributed by atoms with Gasteiger partial charge in [0, 0.05) is 21.7 Å². The summed E-state index contributed by atoms with van der Waals surface area (Å²) in [5.74, 6) is -4.22. The van der Waals surface area contributed by atoms with Crippen molar-refractivity contribution < 1.29 is 30.7 Å². The number of likely N-dealkylation sites (tertiary alicyclic amines) is 1. The number of nitriles is 1. The molecule has 0 aromatic heterocycles. The molecule has 35 heavy (non-hydrogen) atoms. The largest absolute Gasteiger partial charge is 0.356 e. The Labute approximate surface area is 207 Å². The first-order chi connectivity index (χ1) is 16.9. The molecule has 3 N–H and O–H groups in total. The summed E-state index contributed by atoms with van der Waals surface area (Å²) >= 11 is 0. The Kier molecular flexibility index (Phi) is 6.64. The van der Waals surface area contributed by atoms with Crippen LogP contribution in [0.15, 0.2) is 0 Å². The summed E-state index contributed by atoms with van der Waals surface area (Å²) in [5.41, 5.74) is -1.17. The molecular formula is C24H35F2N5O4. The summed E-state index contributed by atoms with van der Waals surface area (Å²) in [5, 5.41) is 16.7. The van der Waals surface area contributed by atoms with E-state index in [0.29, 0.717) is 0 Å². The highest BCUT2D eigenvalue weighted by molar-refractivity contribution is 5.94. The number of piperidine rings is 2. The lowest BCUT2D eigenvalue weighted by molar-refractivity contribution is -0.147. The van der Waals surface area contributed by atoms with Crippen molar-refractivity contribution in [1.82, 2.24) is 20.9 Å². The average Bonchev–Trinajstić information content (AvgIpc) is 3.10. The van der Waals surface area contributed by atoms with Crippen LogP contribution in [0, 0.1) is 39.9 Å². The van der Waals surface area contributed by atoms with Gasteiger partial charge in [-0.05, 0) is 41.9 Å². The fourth-order valence-electron chi connectivity index (χ4n) is 5.37.